The van der Waals surface area contributed by atoms with Crippen LogP contribution in [0.2, 0.25) is 0 Å². The van der Waals surface area contributed by atoms with Gasteiger partial charge in [-0.3, -0.25) is 4.90 Å². The van der Waals surface area contributed by atoms with Gasteiger partial charge in [0.05, 0.1) is 5.39 Å². The maximum Gasteiger partial charge on any atom is 0.147 e. The highest BCUT2D eigenvalue weighted by atomic mass is 16.5. The number of para-hydroxylation sites is 1. The highest BCUT2D eigenvalue weighted by molar-refractivity contribution is 6.03. The van der Waals surface area contributed by atoms with Crippen molar-refractivity contribution in [1.82, 2.24) is 19.4 Å². The van der Waals surface area contributed by atoms with Crippen molar-refractivity contribution in [3.8, 4) is 34.5 Å². The van der Waals surface area contributed by atoms with Crippen molar-refractivity contribution in [1.29, 1.82) is 0 Å². The van der Waals surface area contributed by atoms with Crippen molar-refractivity contribution >= 4 is 16.9 Å². The van der Waals surface area contributed by atoms with Gasteiger partial charge in [0.15, 0.2) is 0 Å². The smallest absolute Gasteiger partial charge is 0.147 e. The molecule has 206 valence electrons. The van der Waals surface area contributed by atoms with Crippen molar-refractivity contribution in [3.63, 3.8) is 0 Å². The molecule has 0 unspecified atom stereocenters. The molecule has 0 spiro atoms. The van der Waals surface area contributed by atoms with Gasteiger partial charge in [0.25, 0.3) is 0 Å². The first-order chi connectivity index (χ1) is 20.1. The number of hydrogen-bond donors (Lipinski definition) is 1. The predicted molar refractivity (Wildman–Crippen MR) is 166 cm³/mol. The summed E-state index contributed by atoms with van der Waals surface area (Å²) in [5.74, 6) is 9.63. The number of ether oxygens (including phenoxy) is 1. The van der Waals surface area contributed by atoms with Crippen molar-refractivity contribution < 1.29 is 4.74 Å². The highest BCUT2D eigenvalue weighted by Gasteiger charge is 2.24. The number of piperidine rings is 1. The maximum absolute atomic E-state index is 6.48. The van der Waals surface area contributed by atoms with Gasteiger partial charge in [0.1, 0.15) is 35.0 Å². The van der Waals surface area contributed by atoms with Crippen molar-refractivity contribution in [2.75, 3.05) is 18.8 Å². The van der Waals surface area contributed by atoms with E-state index in [0.717, 1.165) is 71.8 Å². The lowest BCUT2D eigenvalue weighted by Gasteiger charge is -2.29. The molecule has 0 bridgehead atoms. The molecule has 1 fully saturated rings. The number of nitrogen functional groups attached to an aromatic ring is 1. The van der Waals surface area contributed by atoms with E-state index in [4.69, 9.17) is 10.5 Å². The Bertz CT molecular complexity index is 1670. The molecular formula is C35H35N5O. The second kappa shape index (κ2) is 11.9. The quantitative estimate of drug-likeness (QED) is 0.228. The van der Waals surface area contributed by atoms with Gasteiger partial charge >= 0.3 is 0 Å². The number of fused-ring (bicyclic) bond motifs is 1. The molecule has 0 saturated carbocycles. The molecule has 0 radical (unpaired) electrons. The van der Waals surface area contributed by atoms with Crippen LogP contribution < -0.4 is 10.5 Å². The van der Waals surface area contributed by atoms with E-state index in [-0.39, 0.29) is 6.04 Å². The number of rotatable bonds is 6. The lowest BCUT2D eigenvalue weighted by molar-refractivity contribution is 0.199. The first-order valence-corrected chi connectivity index (χ1v) is 14.3. The average molecular weight is 542 g/mol. The minimum atomic E-state index is 0.151. The topological polar surface area (TPSA) is 69.2 Å². The number of likely N-dealkylation sites (tertiary alicyclic amines) is 1. The first kappa shape index (κ1) is 26.6. The second-order valence-electron chi connectivity index (χ2n) is 10.9. The molecule has 3 aromatic carbocycles. The Morgan fingerprint density at radius 2 is 1.54 bits per heavy atom. The Morgan fingerprint density at radius 1 is 0.878 bits per heavy atom. The fourth-order valence-corrected chi connectivity index (χ4v) is 5.62. The molecule has 6 rings (SSSR count). The number of hydrogen-bond acceptors (Lipinski definition) is 5. The normalized spacial score (nSPS) is 14.2. The molecule has 6 nitrogen and oxygen atoms in total. The molecule has 0 aliphatic carbocycles. The van der Waals surface area contributed by atoms with Crippen molar-refractivity contribution in [2.24, 2.45) is 5.92 Å². The van der Waals surface area contributed by atoms with E-state index >= 15 is 0 Å². The van der Waals surface area contributed by atoms with Gasteiger partial charge in [-0.2, -0.15) is 0 Å². The third-order valence-corrected chi connectivity index (χ3v) is 7.68. The van der Waals surface area contributed by atoms with Crippen LogP contribution in [-0.2, 0) is 6.54 Å². The molecule has 1 aliphatic rings. The highest BCUT2D eigenvalue weighted by Crippen LogP contribution is 2.39. The summed E-state index contributed by atoms with van der Waals surface area (Å²) in [6.07, 6.45) is 3.66. The molecule has 5 aromatic rings. The van der Waals surface area contributed by atoms with Crippen molar-refractivity contribution in [3.05, 3.63) is 103 Å². The lowest BCUT2D eigenvalue weighted by Crippen LogP contribution is -2.32. The number of aromatic nitrogens is 3. The van der Waals surface area contributed by atoms with Crippen LogP contribution in [0.3, 0.4) is 0 Å². The zero-order valence-electron chi connectivity index (χ0n) is 23.6. The van der Waals surface area contributed by atoms with Crippen LogP contribution in [0.5, 0.6) is 11.5 Å². The summed E-state index contributed by atoms with van der Waals surface area (Å²) in [6.45, 7) is 7.41. The minimum Gasteiger partial charge on any atom is -0.457 e. The Hall–Kier alpha value is -4.60. The summed E-state index contributed by atoms with van der Waals surface area (Å²) in [4.78, 5) is 11.5. The Kier molecular flexibility index (Phi) is 7.71. The third kappa shape index (κ3) is 5.82. The van der Waals surface area contributed by atoms with Gasteiger partial charge in [-0.1, -0.05) is 66.6 Å². The van der Waals surface area contributed by atoms with E-state index in [9.17, 15) is 0 Å². The van der Waals surface area contributed by atoms with Gasteiger partial charge in [-0.15, -0.1) is 0 Å². The molecule has 0 atom stereocenters. The van der Waals surface area contributed by atoms with E-state index in [1.807, 2.05) is 42.5 Å². The van der Waals surface area contributed by atoms with Gasteiger partial charge in [0, 0.05) is 24.1 Å². The zero-order chi connectivity index (χ0) is 28.2. The fourth-order valence-electron chi connectivity index (χ4n) is 5.62. The number of benzene rings is 3. The average Bonchev–Trinajstić information content (AvgIpc) is 3.34. The summed E-state index contributed by atoms with van der Waals surface area (Å²) >= 11 is 0. The monoisotopic (exact) mass is 541 g/mol. The van der Waals surface area contributed by atoms with Gasteiger partial charge in [-0.25, -0.2) is 9.97 Å². The number of anilines is 1. The Morgan fingerprint density at radius 3 is 2.22 bits per heavy atom. The fraction of sp³-hybridized carbons (Fsp3) is 0.257. The van der Waals surface area contributed by atoms with Crippen LogP contribution in [0.1, 0.15) is 44.0 Å². The molecule has 1 saturated heterocycles. The summed E-state index contributed by atoms with van der Waals surface area (Å²) in [5.41, 5.74) is 11.6. The molecule has 1 aliphatic heterocycles. The second-order valence-corrected chi connectivity index (χ2v) is 10.9. The lowest BCUT2D eigenvalue weighted by atomic mass is 9.96. The van der Waals surface area contributed by atoms with E-state index in [2.05, 4.69) is 87.6 Å². The maximum atomic E-state index is 6.48. The summed E-state index contributed by atoms with van der Waals surface area (Å²) in [7, 11) is 0. The van der Waals surface area contributed by atoms with Gasteiger partial charge in [0.2, 0.25) is 0 Å². The molecule has 6 heteroatoms. The largest absolute Gasteiger partial charge is 0.457 e. The number of nitrogens with two attached hydrogens (primary N) is 1. The Balaban J connectivity index is 1.31. The molecule has 2 aromatic heterocycles. The molecule has 0 amide bonds. The van der Waals surface area contributed by atoms with Crippen LogP contribution in [0.25, 0.3) is 22.2 Å². The standard InChI is InChI=1S/C35H35N5O/c1-25(2)40-31(18-13-26-19-21-39(22-20-26)23-27-9-5-3-6-10-27)32(33-34(36)37-24-38-35(33)40)28-14-16-30(17-15-28)41-29-11-7-4-8-12-29/h3-12,14-17,24-26H,19-23H2,1-2H3,(H2,36,37,38). The number of nitrogens with zero attached hydrogens (tertiary/aromatic N) is 4. The summed E-state index contributed by atoms with van der Waals surface area (Å²) in [6, 6.07) is 28.8. The zero-order valence-corrected chi connectivity index (χ0v) is 23.6. The van der Waals surface area contributed by atoms with Gasteiger partial charge < -0.3 is 15.0 Å². The molecule has 41 heavy (non-hydrogen) atoms. The molecule has 2 N–H and O–H groups in total. The summed E-state index contributed by atoms with van der Waals surface area (Å²) < 4.78 is 8.24. The van der Waals surface area contributed by atoms with Crippen LogP contribution in [-0.4, -0.2) is 32.5 Å². The van der Waals surface area contributed by atoms with E-state index in [1.165, 1.54) is 11.9 Å². The van der Waals surface area contributed by atoms with Crippen LogP contribution in [0, 0.1) is 17.8 Å². The van der Waals surface area contributed by atoms with E-state index < -0.39 is 0 Å². The van der Waals surface area contributed by atoms with Crippen molar-refractivity contribution in [2.45, 2.75) is 39.3 Å². The molecular weight excluding hydrogens is 506 g/mol. The Labute approximate surface area is 241 Å². The summed E-state index contributed by atoms with van der Waals surface area (Å²) in [5, 5.41) is 0.847. The predicted octanol–water partition coefficient (Wildman–Crippen LogP) is 7.32. The van der Waals surface area contributed by atoms with E-state index in [1.54, 1.807) is 0 Å². The first-order valence-electron chi connectivity index (χ1n) is 14.3. The van der Waals surface area contributed by atoms with Crippen LogP contribution in [0.4, 0.5) is 5.82 Å². The third-order valence-electron chi connectivity index (χ3n) is 7.68. The van der Waals surface area contributed by atoms with Crippen LogP contribution in [0.15, 0.2) is 91.3 Å². The van der Waals surface area contributed by atoms with Crippen LogP contribution >= 0.6 is 0 Å². The van der Waals surface area contributed by atoms with Gasteiger partial charge in [-0.05, 0) is 81.1 Å². The minimum absolute atomic E-state index is 0.151. The SMILES string of the molecule is CC(C)n1c(C#CC2CCN(Cc3ccccc3)CC2)c(-c2ccc(Oc3ccccc3)cc2)c2c(N)ncnc21. The molecule has 3 heterocycles. The van der Waals surface area contributed by atoms with E-state index in [0.29, 0.717) is 11.7 Å².